The second kappa shape index (κ2) is 5.62. The number of piperidine rings is 1. The molecule has 2 aliphatic heterocycles. The van der Waals surface area contributed by atoms with Crippen molar-refractivity contribution in [2.45, 2.75) is 31.9 Å². The molecule has 0 spiro atoms. The Kier molecular flexibility index (Phi) is 3.53. The van der Waals surface area contributed by atoms with Crippen LogP contribution < -0.4 is 15.4 Å². The van der Waals surface area contributed by atoms with E-state index in [0.717, 1.165) is 16.9 Å². The van der Waals surface area contributed by atoms with Crippen LogP contribution >= 0.6 is 0 Å². The first-order valence-electron chi connectivity index (χ1n) is 8.43. The fraction of sp³-hybridized carbons (Fsp3) is 0.300. The summed E-state index contributed by atoms with van der Waals surface area (Å²) in [5, 5.41) is 5.76. The van der Waals surface area contributed by atoms with Crippen molar-refractivity contribution in [3.05, 3.63) is 59.7 Å². The second-order valence-electron chi connectivity index (χ2n) is 7.01. The number of carbonyl (C=O) groups excluding carboxylic acids is 2. The van der Waals surface area contributed by atoms with E-state index in [4.69, 9.17) is 4.74 Å². The molecule has 2 aliphatic rings. The summed E-state index contributed by atoms with van der Waals surface area (Å²) in [6.07, 6.45) is 0.571. The maximum atomic E-state index is 12.9. The smallest absolute Gasteiger partial charge is 0.237 e. The Labute approximate surface area is 146 Å². The van der Waals surface area contributed by atoms with Crippen LogP contribution in [-0.4, -0.2) is 17.5 Å². The van der Waals surface area contributed by atoms with E-state index in [1.165, 1.54) is 0 Å². The first kappa shape index (κ1) is 15.7. The summed E-state index contributed by atoms with van der Waals surface area (Å²) >= 11 is 0. The Hall–Kier alpha value is -2.82. The molecule has 2 heterocycles. The molecule has 2 bridgehead atoms. The van der Waals surface area contributed by atoms with Gasteiger partial charge in [0.25, 0.3) is 0 Å². The quantitative estimate of drug-likeness (QED) is 0.829. The molecular weight excluding hydrogens is 316 g/mol. The minimum absolute atomic E-state index is 0.200. The van der Waals surface area contributed by atoms with E-state index in [2.05, 4.69) is 10.6 Å². The molecule has 2 aromatic rings. The third kappa shape index (κ3) is 2.76. The van der Waals surface area contributed by atoms with E-state index in [0.29, 0.717) is 12.1 Å². The zero-order valence-corrected chi connectivity index (χ0v) is 14.2. The number of para-hydroxylation sites is 1. The van der Waals surface area contributed by atoms with Crippen molar-refractivity contribution >= 4 is 17.5 Å². The Bertz CT molecular complexity index is 864. The predicted molar refractivity (Wildman–Crippen MR) is 94.3 cm³/mol. The Balaban J connectivity index is 1.67. The number of ether oxygens (including phenoxy) is 1. The Morgan fingerprint density at radius 2 is 2.04 bits per heavy atom. The van der Waals surface area contributed by atoms with Crippen molar-refractivity contribution in [2.24, 2.45) is 5.92 Å². The molecule has 1 saturated heterocycles. The van der Waals surface area contributed by atoms with Gasteiger partial charge in [-0.15, -0.1) is 0 Å². The molecule has 2 N–H and O–H groups in total. The van der Waals surface area contributed by atoms with Gasteiger partial charge in [0, 0.05) is 18.0 Å². The highest BCUT2D eigenvalue weighted by Gasteiger charge is 2.51. The van der Waals surface area contributed by atoms with Crippen molar-refractivity contribution in [2.75, 3.05) is 5.32 Å². The van der Waals surface area contributed by atoms with Gasteiger partial charge in [0.15, 0.2) is 5.72 Å². The van der Waals surface area contributed by atoms with E-state index in [-0.39, 0.29) is 17.7 Å². The first-order valence-corrected chi connectivity index (χ1v) is 8.43. The number of nitrogens with one attached hydrogen (secondary N) is 2. The number of benzene rings is 2. The largest absolute Gasteiger partial charge is 0.468 e. The molecule has 1 fully saturated rings. The number of hydrogen-bond acceptors (Lipinski definition) is 3. The van der Waals surface area contributed by atoms with Crippen molar-refractivity contribution in [1.29, 1.82) is 0 Å². The SMILES string of the molecule is Cc1cccc(NC(=O)[C@@H]2C(=O)N[C@]3(C)C[C@H]2c2ccccc2O3)c1. The lowest BCUT2D eigenvalue weighted by molar-refractivity contribution is -0.145. The van der Waals surface area contributed by atoms with Crippen molar-refractivity contribution < 1.29 is 14.3 Å². The number of aryl methyl sites for hydroxylation is 1. The third-order valence-electron chi connectivity index (χ3n) is 4.90. The number of rotatable bonds is 2. The van der Waals surface area contributed by atoms with Crippen LogP contribution in [0.4, 0.5) is 5.69 Å². The van der Waals surface area contributed by atoms with E-state index < -0.39 is 11.6 Å². The summed E-state index contributed by atoms with van der Waals surface area (Å²) in [5.41, 5.74) is 1.90. The molecule has 25 heavy (non-hydrogen) atoms. The van der Waals surface area contributed by atoms with Crippen LogP contribution in [-0.2, 0) is 9.59 Å². The average molecular weight is 336 g/mol. The second-order valence-corrected chi connectivity index (χ2v) is 7.01. The molecule has 0 aliphatic carbocycles. The van der Waals surface area contributed by atoms with Gasteiger partial charge in [-0.25, -0.2) is 0 Å². The number of amides is 2. The van der Waals surface area contributed by atoms with Gasteiger partial charge in [0.2, 0.25) is 11.8 Å². The first-order chi connectivity index (χ1) is 12.0. The summed E-state index contributed by atoms with van der Waals surface area (Å²) in [6.45, 7) is 3.81. The van der Waals surface area contributed by atoms with E-state index >= 15 is 0 Å². The zero-order chi connectivity index (χ0) is 17.6. The van der Waals surface area contributed by atoms with Gasteiger partial charge in [-0.2, -0.15) is 0 Å². The lowest BCUT2D eigenvalue weighted by atomic mass is 9.74. The van der Waals surface area contributed by atoms with Crippen molar-refractivity contribution in [3.63, 3.8) is 0 Å². The number of carbonyl (C=O) groups is 2. The van der Waals surface area contributed by atoms with Gasteiger partial charge >= 0.3 is 0 Å². The highest BCUT2D eigenvalue weighted by atomic mass is 16.5. The summed E-state index contributed by atoms with van der Waals surface area (Å²) in [4.78, 5) is 25.6. The monoisotopic (exact) mass is 336 g/mol. The van der Waals surface area contributed by atoms with E-state index in [1.807, 2.05) is 62.4 Å². The normalized spacial score (nSPS) is 26.9. The van der Waals surface area contributed by atoms with Crippen LogP contribution in [0.1, 0.15) is 30.4 Å². The fourth-order valence-corrected chi connectivity index (χ4v) is 3.83. The molecule has 3 atom stereocenters. The number of hydrogen-bond donors (Lipinski definition) is 2. The summed E-state index contributed by atoms with van der Waals surface area (Å²) in [6, 6.07) is 15.2. The number of fused-ring (bicyclic) bond motifs is 4. The highest BCUT2D eigenvalue weighted by Crippen LogP contribution is 2.46. The van der Waals surface area contributed by atoms with Crippen LogP contribution in [0.15, 0.2) is 48.5 Å². The molecule has 5 heteroatoms. The molecule has 4 rings (SSSR count). The zero-order valence-electron chi connectivity index (χ0n) is 14.2. The van der Waals surface area contributed by atoms with Crippen LogP contribution in [0.25, 0.3) is 0 Å². The lowest BCUT2D eigenvalue weighted by Crippen LogP contribution is -2.62. The maximum Gasteiger partial charge on any atom is 0.237 e. The summed E-state index contributed by atoms with van der Waals surface area (Å²) in [7, 11) is 0. The Morgan fingerprint density at radius 3 is 2.84 bits per heavy atom. The highest BCUT2D eigenvalue weighted by molar-refractivity contribution is 6.08. The third-order valence-corrected chi connectivity index (χ3v) is 4.90. The Morgan fingerprint density at radius 1 is 1.24 bits per heavy atom. The summed E-state index contributed by atoms with van der Waals surface area (Å²) < 4.78 is 5.96. The van der Waals surface area contributed by atoms with Crippen LogP contribution in [0.2, 0.25) is 0 Å². The molecule has 128 valence electrons. The van der Waals surface area contributed by atoms with Gasteiger partial charge in [-0.1, -0.05) is 30.3 Å². The predicted octanol–water partition coefficient (Wildman–Crippen LogP) is 2.96. The maximum absolute atomic E-state index is 12.9. The number of anilines is 1. The minimum atomic E-state index is -0.779. The topological polar surface area (TPSA) is 67.4 Å². The molecule has 2 aromatic carbocycles. The summed E-state index contributed by atoms with van der Waals surface area (Å²) in [5.74, 6) is -0.827. The molecule has 0 radical (unpaired) electrons. The molecule has 0 saturated carbocycles. The van der Waals surface area contributed by atoms with Crippen molar-refractivity contribution in [3.8, 4) is 5.75 Å². The van der Waals surface area contributed by atoms with Gasteiger partial charge in [0.1, 0.15) is 11.7 Å². The van der Waals surface area contributed by atoms with Gasteiger partial charge < -0.3 is 15.4 Å². The molecule has 0 aromatic heterocycles. The van der Waals surface area contributed by atoms with Gasteiger partial charge in [-0.3, -0.25) is 9.59 Å². The molecule has 0 unspecified atom stereocenters. The lowest BCUT2D eigenvalue weighted by Gasteiger charge is -2.46. The van der Waals surface area contributed by atoms with Gasteiger partial charge in [0.05, 0.1) is 0 Å². The van der Waals surface area contributed by atoms with E-state index in [1.54, 1.807) is 0 Å². The van der Waals surface area contributed by atoms with Crippen molar-refractivity contribution in [1.82, 2.24) is 5.32 Å². The van der Waals surface area contributed by atoms with Gasteiger partial charge in [-0.05, 0) is 43.2 Å². The van der Waals surface area contributed by atoms with Crippen LogP contribution in [0.3, 0.4) is 0 Å². The van der Waals surface area contributed by atoms with Crippen LogP contribution in [0, 0.1) is 12.8 Å². The standard InChI is InChI=1S/C20H20N2O3/c1-12-6-5-7-13(10-12)21-18(23)17-15-11-20(2,22-19(17)24)25-16-9-4-3-8-14(15)16/h3-10,15,17H,11H2,1-2H3,(H,21,23)(H,22,24)/t15-,17+,20-/m0/s1. The van der Waals surface area contributed by atoms with E-state index in [9.17, 15) is 9.59 Å². The molecule has 5 nitrogen and oxygen atoms in total. The fourth-order valence-electron chi connectivity index (χ4n) is 3.83. The van der Waals surface area contributed by atoms with Crippen LogP contribution in [0.5, 0.6) is 5.75 Å². The average Bonchev–Trinajstić information content (AvgIpc) is 2.53. The minimum Gasteiger partial charge on any atom is -0.468 e. The molecular formula is C20H20N2O3. The molecule has 2 amide bonds.